The van der Waals surface area contributed by atoms with Gasteiger partial charge in [-0.15, -0.1) is 0 Å². The molecule has 196 valence electrons. The number of methoxy groups -OCH3 is 3. The smallest absolute Gasteiger partial charge is 0.307 e. The van der Waals surface area contributed by atoms with Crippen molar-refractivity contribution in [3.05, 3.63) is 53.6 Å². The average molecular weight is 500 g/mol. The normalized spacial score (nSPS) is 11.8. The van der Waals surface area contributed by atoms with E-state index in [1.165, 1.54) is 0 Å². The van der Waals surface area contributed by atoms with Gasteiger partial charge in [0.05, 0.1) is 34.3 Å². The molecule has 0 aromatic heterocycles. The highest BCUT2D eigenvalue weighted by Crippen LogP contribution is 2.38. The van der Waals surface area contributed by atoms with E-state index in [1.54, 1.807) is 66.4 Å². The fourth-order valence-electron chi connectivity index (χ4n) is 3.78. The zero-order valence-electron chi connectivity index (χ0n) is 22.0. The topological polar surface area (TPSA) is 100 Å². The molecular weight excluding hydrogens is 462 g/mol. The standard InChI is InChI=1S/C28H37NO7/c1-28(2,3)36-25(31)17-21(27(32)29-18-22(30)20-12-8-7-9-13-20)14-10-11-19-15-23(33-4)26(35-6)24(16-19)34-5/h7-9,12-13,15-16,21H,10-11,14,17-18H2,1-6H3,(H,29,32)/t21-/m1/s1. The molecule has 0 fully saturated rings. The minimum Gasteiger partial charge on any atom is -0.493 e. The lowest BCUT2D eigenvalue weighted by Gasteiger charge is -2.22. The monoisotopic (exact) mass is 499 g/mol. The van der Waals surface area contributed by atoms with Gasteiger partial charge in [0.25, 0.3) is 0 Å². The van der Waals surface area contributed by atoms with Crippen LogP contribution in [0.5, 0.6) is 17.2 Å². The van der Waals surface area contributed by atoms with E-state index in [1.807, 2.05) is 18.2 Å². The molecule has 0 spiro atoms. The number of esters is 1. The van der Waals surface area contributed by atoms with E-state index in [0.717, 1.165) is 5.56 Å². The first-order chi connectivity index (χ1) is 17.1. The van der Waals surface area contributed by atoms with Gasteiger partial charge in [-0.25, -0.2) is 0 Å². The molecule has 2 aromatic rings. The number of ketones is 1. The van der Waals surface area contributed by atoms with E-state index in [9.17, 15) is 14.4 Å². The van der Waals surface area contributed by atoms with Gasteiger partial charge in [-0.1, -0.05) is 30.3 Å². The maximum atomic E-state index is 13.0. The summed E-state index contributed by atoms with van der Waals surface area (Å²) in [4.78, 5) is 37.9. The molecule has 2 aromatic carbocycles. The van der Waals surface area contributed by atoms with Crippen LogP contribution < -0.4 is 19.5 Å². The average Bonchev–Trinajstić information content (AvgIpc) is 2.85. The van der Waals surface area contributed by atoms with Crippen LogP contribution in [0.3, 0.4) is 0 Å². The summed E-state index contributed by atoms with van der Waals surface area (Å²) in [5.41, 5.74) is 0.807. The van der Waals surface area contributed by atoms with Gasteiger partial charge in [0.1, 0.15) is 5.60 Å². The number of carbonyl (C=O) groups excluding carboxylic acids is 3. The summed E-state index contributed by atoms with van der Waals surface area (Å²) >= 11 is 0. The maximum absolute atomic E-state index is 13.0. The Labute approximate surface area is 213 Å². The van der Waals surface area contributed by atoms with Crippen molar-refractivity contribution in [1.82, 2.24) is 5.32 Å². The van der Waals surface area contributed by atoms with Crippen molar-refractivity contribution < 1.29 is 33.3 Å². The highest BCUT2D eigenvalue weighted by atomic mass is 16.6. The molecule has 8 heteroatoms. The van der Waals surface area contributed by atoms with Crippen molar-refractivity contribution in [2.24, 2.45) is 5.92 Å². The Morgan fingerprint density at radius 1 is 0.917 bits per heavy atom. The van der Waals surface area contributed by atoms with Gasteiger partial charge in [-0.3, -0.25) is 14.4 Å². The first-order valence-electron chi connectivity index (χ1n) is 11.9. The molecule has 1 atom stereocenters. The number of hydrogen-bond donors (Lipinski definition) is 1. The quantitative estimate of drug-likeness (QED) is 0.322. The van der Waals surface area contributed by atoms with E-state index in [2.05, 4.69) is 5.32 Å². The van der Waals surface area contributed by atoms with Crippen LogP contribution in [0.4, 0.5) is 0 Å². The number of aryl methyl sites for hydroxylation is 1. The predicted molar refractivity (Wildman–Crippen MR) is 137 cm³/mol. The van der Waals surface area contributed by atoms with E-state index in [0.29, 0.717) is 42.1 Å². The molecule has 0 radical (unpaired) electrons. The van der Waals surface area contributed by atoms with Gasteiger partial charge in [0.15, 0.2) is 17.3 Å². The Bertz CT molecular complexity index is 1000. The minimum atomic E-state index is -0.655. The number of amides is 1. The molecule has 36 heavy (non-hydrogen) atoms. The van der Waals surface area contributed by atoms with Gasteiger partial charge in [-0.05, 0) is 57.7 Å². The number of rotatable bonds is 13. The largest absolute Gasteiger partial charge is 0.493 e. The molecule has 0 bridgehead atoms. The zero-order valence-corrected chi connectivity index (χ0v) is 22.0. The Morgan fingerprint density at radius 2 is 1.53 bits per heavy atom. The lowest BCUT2D eigenvalue weighted by molar-refractivity contribution is -0.157. The summed E-state index contributed by atoms with van der Waals surface area (Å²) in [7, 11) is 4.65. The molecular formula is C28H37NO7. The van der Waals surface area contributed by atoms with Crippen LogP contribution in [0.25, 0.3) is 0 Å². The summed E-state index contributed by atoms with van der Waals surface area (Å²) < 4.78 is 21.6. The lowest BCUT2D eigenvalue weighted by Crippen LogP contribution is -2.36. The van der Waals surface area contributed by atoms with Gasteiger partial charge in [-0.2, -0.15) is 0 Å². The predicted octanol–water partition coefficient (Wildman–Crippen LogP) is 4.38. The molecule has 0 aliphatic heterocycles. The highest BCUT2D eigenvalue weighted by molar-refractivity contribution is 5.99. The van der Waals surface area contributed by atoms with Crippen LogP contribution in [-0.4, -0.2) is 51.1 Å². The second-order valence-electron chi connectivity index (χ2n) is 9.42. The van der Waals surface area contributed by atoms with Crippen molar-refractivity contribution in [2.45, 2.75) is 52.1 Å². The van der Waals surface area contributed by atoms with Crippen molar-refractivity contribution in [1.29, 1.82) is 0 Å². The molecule has 2 rings (SSSR count). The molecule has 0 aliphatic rings. The van der Waals surface area contributed by atoms with Crippen molar-refractivity contribution >= 4 is 17.7 Å². The van der Waals surface area contributed by atoms with Gasteiger partial charge < -0.3 is 24.3 Å². The molecule has 0 aliphatic carbocycles. The Balaban J connectivity index is 2.07. The van der Waals surface area contributed by atoms with E-state index in [-0.39, 0.29) is 24.7 Å². The summed E-state index contributed by atoms with van der Waals surface area (Å²) in [5, 5.41) is 2.70. The third-order valence-electron chi connectivity index (χ3n) is 5.47. The third kappa shape index (κ3) is 8.91. The number of Topliss-reactive ketones (excluding diaryl/α,β-unsaturated/α-hetero) is 1. The number of hydrogen-bond acceptors (Lipinski definition) is 7. The van der Waals surface area contributed by atoms with Crippen LogP contribution >= 0.6 is 0 Å². The molecule has 0 saturated heterocycles. The fraction of sp³-hybridized carbons (Fsp3) is 0.464. The molecule has 0 unspecified atom stereocenters. The van der Waals surface area contributed by atoms with Crippen LogP contribution in [0.15, 0.2) is 42.5 Å². The van der Waals surface area contributed by atoms with Crippen molar-refractivity contribution in [3.8, 4) is 17.2 Å². The van der Waals surface area contributed by atoms with Crippen LogP contribution in [0, 0.1) is 5.92 Å². The van der Waals surface area contributed by atoms with E-state index >= 15 is 0 Å². The molecule has 8 nitrogen and oxygen atoms in total. The number of nitrogens with one attached hydrogen (secondary N) is 1. The van der Waals surface area contributed by atoms with E-state index < -0.39 is 17.5 Å². The summed E-state index contributed by atoms with van der Waals surface area (Å²) in [6, 6.07) is 12.5. The lowest BCUT2D eigenvalue weighted by atomic mass is 9.95. The Kier molecular flexibility index (Phi) is 10.8. The summed E-state index contributed by atoms with van der Waals surface area (Å²) in [6.45, 7) is 5.20. The first kappa shape index (κ1) is 28.7. The maximum Gasteiger partial charge on any atom is 0.307 e. The minimum absolute atomic E-state index is 0.0715. The summed E-state index contributed by atoms with van der Waals surface area (Å²) in [5.74, 6) is -0.0274. The molecule has 1 N–H and O–H groups in total. The zero-order chi connectivity index (χ0) is 26.7. The molecule has 1 amide bonds. The van der Waals surface area contributed by atoms with Crippen LogP contribution in [0.1, 0.15) is 56.0 Å². The van der Waals surface area contributed by atoms with Crippen molar-refractivity contribution in [3.63, 3.8) is 0 Å². The molecule has 0 heterocycles. The number of carbonyl (C=O) groups is 3. The SMILES string of the molecule is COc1cc(CCC[C@H](CC(=O)OC(C)(C)C)C(=O)NCC(=O)c2ccccc2)cc(OC)c1OC. The Morgan fingerprint density at radius 3 is 2.06 bits per heavy atom. The first-order valence-corrected chi connectivity index (χ1v) is 11.9. The third-order valence-corrected chi connectivity index (χ3v) is 5.47. The molecule has 0 saturated carbocycles. The number of ether oxygens (including phenoxy) is 4. The highest BCUT2D eigenvalue weighted by Gasteiger charge is 2.26. The second kappa shape index (κ2) is 13.5. The Hall–Kier alpha value is -3.55. The summed E-state index contributed by atoms with van der Waals surface area (Å²) in [6.07, 6.45) is 1.60. The van der Waals surface area contributed by atoms with E-state index in [4.69, 9.17) is 18.9 Å². The van der Waals surface area contributed by atoms with Crippen LogP contribution in [0.2, 0.25) is 0 Å². The van der Waals surface area contributed by atoms with Gasteiger partial charge in [0.2, 0.25) is 11.7 Å². The van der Waals surface area contributed by atoms with Gasteiger partial charge in [0, 0.05) is 11.5 Å². The second-order valence-corrected chi connectivity index (χ2v) is 9.42. The fourth-order valence-corrected chi connectivity index (χ4v) is 3.78. The van der Waals surface area contributed by atoms with Gasteiger partial charge >= 0.3 is 5.97 Å². The van der Waals surface area contributed by atoms with Crippen LogP contribution in [-0.2, 0) is 20.7 Å². The number of benzene rings is 2. The van der Waals surface area contributed by atoms with Crippen molar-refractivity contribution in [2.75, 3.05) is 27.9 Å².